The lowest BCUT2D eigenvalue weighted by atomic mass is 10.00. The Hall–Kier alpha value is -3.52. The minimum atomic E-state index is 0.260. The van der Waals surface area contributed by atoms with E-state index in [1.54, 1.807) is 0 Å². The molecule has 4 aromatic rings. The summed E-state index contributed by atoms with van der Waals surface area (Å²) in [6.45, 7) is 6.99. The number of nitrogens with one attached hydrogen (secondary N) is 1. The van der Waals surface area contributed by atoms with Crippen molar-refractivity contribution in [2.75, 3.05) is 29.9 Å². The summed E-state index contributed by atoms with van der Waals surface area (Å²) in [7, 11) is 2.02. The number of pyridine rings is 1. The Bertz CT molecular complexity index is 1290. The van der Waals surface area contributed by atoms with Crippen LogP contribution in [0.5, 0.6) is 0 Å². The number of hydrogen-bond acceptors (Lipinski definition) is 5. The maximum atomic E-state index is 5.89. The lowest BCUT2D eigenvalue weighted by Crippen LogP contribution is -2.58. The molecule has 1 aliphatic rings. The number of aromatic nitrogens is 4. The molecule has 1 aliphatic heterocycles. The van der Waals surface area contributed by atoms with Crippen molar-refractivity contribution in [1.82, 2.24) is 24.6 Å². The number of benzene rings is 1. The van der Waals surface area contributed by atoms with Gasteiger partial charge in [-0.1, -0.05) is 19.9 Å². The van der Waals surface area contributed by atoms with E-state index in [1.165, 1.54) is 0 Å². The lowest BCUT2D eigenvalue weighted by Gasteiger charge is -2.45. The van der Waals surface area contributed by atoms with Gasteiger partial charge < -0.3 is 19.7 Å². The van der Waals surface area contributed by atoms with Crippen LogP contribution in [0.2, 0.25) is 0 Å². The predicted octanol–water partition coefficient (Wildman–Crippen LogP) is 4.57. The van der Waals surface area contributed by atoms with Crippen molar-refractivity contribution in [3.8, 4) is 11.4 Å². The first-order valence-corrected chi connectivity index (χ1v) is 12.0. The molecule has 3 aromatic heterocycles. The molecule has 0 radical (unpaired) electrons. The molecule has 34 heavy (non-hydrogen) atoms. The van der Waals surface area contributed by atoms with Crippen molar-refractivity contribution in [2.45, 2.75) is 19.9 Å². The molecule has 8 heteroatoms. The van der Waals surface area contributed by atoms with Crippen LogP contribution in [-0.2, 0) is 7.05 Å². The van der Waals surface area contributed by atoms with Crippen LogP contribution in [0.1, 0.15) is 13.8 Å². The topological polar surface area (TPSA) is 62.1 Å². The second-order valence-corrected chi connectivity index (χ2v) is 9.42. The number of piperazine rings is 1. The largest absolute Gasteiger partial charge is 0.351 e. The quantitative estimate of drug-likeness (QED) is 0.437. The summed E-state index contributed by atoms with van der Waals surface area (Å²) in [5.74, 6) is 1.33. The van der Waals surface area contributed by atoms with Gasteiger partial charge in [-0.3, -0.25) is 4.98 Å². The molecule has 1 unspecified atom stereocenters. The summed E-state index contributed by atoms with van der Waals surface area (Å²) in [6, 6.07) is 18.6. The standard InChI is InChI=1S/C26H29N7S/c1-18(2)24-17-32(25-12-11-22(29-30-25)23-10-6-14-31(23)3)15-16-33(24)26(34)28-21-9-4-8-20-19(21)7-5-13-27-20/h4-14,18,24H,15-17H2,1-3H3,(H,28,34). The fourth-order valence-corrected chi connectivity index (χ4v) is 4.93. The van der Waals surface area contributed by atoms with Crippen molar-refractivity contribution in [3.63, 3.8) is 0 Å². The normalized spacial score (nSPS) is 16.3. The van der Waals surface area contributed by atoms with Crippen molar-refractivity contribution in [1.29, 1.82) is 0 Å². The van der Waals surface area contributed by atoms with Gasteiger partial charge in [0.15, 0.2) is 10.9 Å². The van der Waals surface area contributed by atoms with E-state index in [0.29, 0.717) is 5.92 Å². The second kappa shape index (κ2) is 9.38. The van der Waals surface area contributed by atoms with Crippen molar-refractivity contribution in [2.24, 2.45) is 13.0 Å². The molecule has 1 atom stereocenters. The molecule has 5 rings (SSSR count). The first-order valence-electron chi connectivity index (χ1n) is 11.6. The zero-order chi connectivity index (χ0) is 23.7. The van der Waals surface area contributed by atoms with Crippen LogP contribution >= 0.6 is 12.2 Å². The Kier molecular flexibility index (Phi) is 6.15. The van der Waals surface area contributed by atoms with Crippen LogP contribution in [0.15, 0.2) is 67.0 Å². The van der Waals surface area contributed by atoms with E-state index in [-0.39, 0.29) is 6.04 Å². The van der Waals surface area contributed by atoms with E-state index < -0.39 is 0 Å². The maximum absolute atomic E-state index is 5.89. The first-order chi connectivity index (χ1) is 16.5. The van der Waals surface area contributed by atoms with Crippen molar-refractivity contribution < 1.29 is 0 Å². The molecule has 4 heterocycles. The van der Waals surface area contributed by atoms with Gasteiger partial charge in [-0.2, -0.15) is 0 Å². The molecule has 0 saturated carbocycles. The van der Waals surface area contributed by atoms with Crippen LogP contribution < -0.4 is 10.2 Å². The molecule has 0 amide bonds. The summed E-state index contributed by atoms with van der Waals surface area (Å²) in [5.41, 5.74) is 3.88. The van der Waals surface area contributed by atoms with Gasteiger partial charge in [-0.15, -0.1) is 10.2 Å². The molecular formula is C26H29N7S. The monoisotopic (exact) mass is 471 g/mol. The zero-order valence-corrected chi connectivity index (χ0v) is 20.5. The Balaban J connectivity index is 1.31. The van der Waals surface area contributed by atoms with E-state index in [0.717, 1.165) is 58.5 Å². The predicted molar refractivity (Wildman–Crippen MR) is 142 cm³/mol. The summed E-state index contributed by atoms with van der Waals surface area (Å²) in [6.07, 6.45) is 3.83. The smallest absolute Gasteiger partial charge is 0.173 e. The average molecular weight is 472 g/mol. The van der Waals surface area contributed by atoms with Crippen molar-refractivity contribution >= 4 is 39.7 Å². The minimum absolute atomic E-state index is 0.260. The fraction of sp³-hybridized carbons (Fsp3) is 0.308. The Labute approximate surface area is 205 Å². The van der Waals surface area contributed by atoms with Gasteiger partial charge in [0.25, 0.3) is 0 Å². The third-order valence-corrected chi connectivity index (χ3v) is 6.85. The number of thiocarbonyl (C=S) groups is 1. The van der Waals surface area contributed by atoms with Crippen molar-refractivity contribution in [3.05, 3.63) is 67.0 Å². The first kappa shape index (κ1) is 22.3. The molecule has 0 bridgehead atoms. The molecule has 0 aliphatic carbocycles. The Morgan fingerprint density at radius 3 is 2.65 bits per heavy atom. The zero-order valence-electron chi connectivity index (χ0n) is 19.7. The summed E-state index contributed by atoms with van der Waals surface area (Å²) >= 11 is 5.89. The highest BCUT2D eigenvalue weighted by atomic mass is 32.1. The highest BCUT2D eigenvalue weighted by molar-refractivity contribution is 7.80. The molecular weight excluding hydrogens is 442 g/mol. The number of nitrogens with zero attached hydrogens (tertiary/aromatic N) is 6. The Morgan fingerprint density at radius 1 is 1.03 bits per heavy atom. The van der Waals surface area contributed by atoms with Gasteiger partial charge in [0, 0.05) is 50.1 Å². The van der Waals surface area contributed by atoms with E-state index >= 15 is 0 Å². The average Bonchev–Trinajstić information content (AvgIpc) is 3.29. The molecule has 1 saturated heterocycles. The second-order valence-electron chi connectivity index (χ2n) is 9.04. The van der Waals surface area contributed by atoms with Gasteiger partial charge in [0.1, 0.15) is 5.69 Å². The number of fused-ring (bicyclic) bond motifs is 1. The van der Waals surface area contributed by atoms with Gasteiger partial charge in [0.05, 0.1) is 17.3 Å². The van der Waals surface area contributed by atoms with E-state index in [4.69, 9.17) is 12.2 Å². The summed E-state index contributed by atoms with van der Waals surface area (Å²) < 4.78 is 2.05. The maximum Gasteiger partial charge on any atom is 0.173 e. The minimum Gasteiger partial charge on any atom is -0.351 e. The van der Waals surface area contributed by atoms with Crippen LogP contribution in [-0.4, -0.2) is 55.4 Å². The third kappa shape index (κ3) is 4.33. The summed E-state index contributed by atoms with van der Waals surface area (Å²) in [4.78, 5) is 9.09. The Morgan fingerprint density at radius 2 is 1.91 bits per heavy atom. The SMILES string of the molecule is CC(C)C1CN(c2ccc(-c3cccn3C)nn2)CCN1C(=S)Nc1cccc2ncccc12. The van der Waals surface area contributed by atoms with E-state index in [1.807, 2.05) is 43.7 Å². The molecule has 174 valence electrons. The fourth-order valence-electron chi connectivity index (χ4n) is 4.60. The van der Waals surface area contributed by atoms with Gasteiger partial charge in [-0.05, 0) is 66.7 Å². The molecule has 7 nitrogen and oxygen atoms in total. The highest BCUT2D eigenvalue weighted by Crippen LogP contribution is 2.26. The van der Waals surface area contributed by atoms with E-state index in [9.17, 15) is 0 Å². The van der Waals surface area contributed by atoms with Gasteiger partial charge in [0.2, 0.25) is 0 Å². The molecule has 0 spiro atoms. The third-order valence-electron chi connectivity index (χ3n) is 6.52. The number of rotatable bonds is 4. The van der Waals surface area contributed by atoms with Crippen LogP contribution in [0.3, 0.4) is 0 Å². The molecule has 1 fully saturated rings. The van der Waals surface area contributed by atoms with Gasteiger partial charge >= 0.3 is 0 Å². The van der Waals surface area contributed by atoms with Crippen LogP contribution in [0.4, 0.5) is 11.5 Å². The number of anilines is 2. The highest BCUT2D eigenvalue weighted by Gasteiger charge is 2.31. The molecule has 1 aromatic carbocycles. The van der Waals surface area contributed by atoms with Crippen LogP contribution in [0.25, 0.3) is 22.3 Å². The van der Waals surface area contributed by atoms with E-state index in [2.05, 4.69) is 79.0 Å². The lowest BCUT2D eigenvalue weighted by molar-refractivity contribution is 0.227. The summed E-state index contributed by atoms with van der Waals surface area (Å²) in [5, 5.41) is 14.4. The number of aryl methyl sites for hydroxylation is 1. The van der Waals surface area contributed by atoms with Crippen LogP contribution in [0, 0.1) is 5.92 Å². The molecule has 1 N–H and O–H groups in total. The number of hydrogen-bond donors (Lipinski definition) is 1. The van der Waals surface area contributed by atoms with Gasteiger partial charge in [-0.25, -0.2) is 0 Å².